The van der Waals surface area contributed by atoms with Crippen molar-refractivity contribution in [1.82, 2.24) is 0 Å². The summed E-state index contributed by atoms with van der Waals surface area (Å²) in [6.07, 6.45) is 0. The molecule has 0 saturated carbocycles. The van der Waals surface area contributed by atoms with Crippen molar-refractivity contribution in [2.45, 2.75) is 26.4 Å². The maximum absolute atomic E-state index is 2.58. The number of rotatable bonds is 2. The minimum atomic E-state index is 0.341. The molecule has 0 amide bonds. The van der Waals surface area contributed by atoms with Gasteiger partial charge in [-0.1, -0.05) is 66.2 Å². The normalized spacial score (nSPS) is 17.5. The van der Waals surface area contributed by atoms with Gasteiger partial charge in [-0.15, -0.1) is 0 Å². The molecule has 0 radical (unpaired) electrons. The van der Waals surface area contributed by atoms with Crippen LogP contribution in [0.4, 0.5) is 5.69 Å². The summed E-state index contributed by atoms with van der Waals surface area (Å²) in [5.74, 6) is 0. The molecule has 2 aliphatic rings. The van der Waals surface area contributed by atoms with E-state index in [4.69, 9.17) is 0 Å². The second-order valence-corrected chi connectivity index (χ2v) is 7.16. The van der Waals surface area contributed by atoms with E-state index in [1.807, 2.05) is 0 Å². The third kappa shape index (κ3) is 2.09. The van der Waals surface area contributed by atoms with Gasteiger partial charge in [0.2, 0.25) is 0 Å². The average molecular weight is 323 g/mol. The number of hydrogen-bond donors (Lipinski definition) is 0. The SMILES string of the molecule is CC1=C2c3cc(C)ccc3N(Cc3ccccc3)C2c2ccccc21. The van der Waals surface area contributed by atoms with Crippen LogP contribution >= 0.6 is 0 Å². The van der Waals surface area contributed by atoms with Crippen molar-refractivity contribution in [3.05, 3.63) is 101 Å². The summed E-state index contributed by atoms with van der Waals surface area (Å²) < 4.78 is 0. The summed E-state index contributed by atoms with van der Waals surface area (Å²) in [5.41, 5.74) is 11.2. The van der Waals surface area contributed by atoms with Gasteiger partial charge >= 0.3 is 0 Å². The standard InChI is InChI=1S/C24H21N/c1-16-12-13-22-21(14-16)23-17(2)19-10-6-7-11-20(19)24(23)25(22)15-18-8-4-3-5-9-18/h3-14,24H,15H2,1-2H3. The lowest BCUT2D eigenvalue weighted by atomic mass is 9.99. The summed E-state index contributed by atoms with van der Waals surface area (Å²) >= 11 is 0. The van der Waals surface area contributed by atoms with Gasteiger partial charge < -0.3 is 4.90 Å². The molecule has 1 heterocycles. The van der Waals surface area contributed by atoms with Gasteiger partial charge in [0.15, 0.2) is 0 Å². The summed E-state index contributed by atoms with van der Waals surface area (Å²) in [4.78, 5) is 2.58. The van der Waals surface area contributed by atoms with Gasteiger partial charge in [-0.2, -0.15) is 0 Å². The van der Waals surface area contributed by atoms with Crippen molar-refractivity contribution in [3.63, 3.8) is 0 Å². The Morgan fingerprint density at radius 1 is 0.800 bits per heavy atom. The Morgan fingerprint density at radius 2 is 1.56 bits per heavy atom. The largest absolute Gasteiger partial charge is 0.356 e. The number of allylic oxidation sites excluding steroid dienone is 1. The maximum Gasteiger partial charge on any atom is 0.0815 e. The third-order valence-corrected chi connectivity index (χ3v) is 5.60. The first-order valence-corrected chi connectivity index (χ1v) is 8.96. The quantitative estimate of drug-likeness (QED) is 0.559. The smallest absolute Gasteiger partial charge is 0.0815 e. The minimum absolute atomic E-state index is 0.341. The zero-order chi connectivity index (χ0) is 17.0. The molecule has 1 aliphatic carbocycles. The van der Waals surface area contributed by atoms with Crippen LogP contribution < -0.4 is 4.90 Å². The fraction of sp³-hybridized carbons (Fsp3) is 0.167. The van der Waals surface area contributed by atoms with Crippen molar-refractivity contribution in [3.8, 4) is 0 Å². The van der Waals surface area contributed by atoms with Crippen LogP contribution in [0.5, 0.6) is 0 Å². The van der Waals surface area contributed by atoms with E-state index in [2.05, 4.69) is 91.5 Å². The summed E-state index contributed by atoms with van der Waals surface area (Å²) in [5, 5.41) is 0. The van der Waals surface area contributed by atoms with Crippen molar-refractivity contribution in [1.29, 1.82) is 0 Å². The highest BCUT2D eigenvalue weighted by Crippen LogP contribution is 2.57. The Hall–Kier alpha value is -2.80. The predicted octanol–water partition coefficient (Wildman–Crippen LogP) is 6.00. The van der Waals surface area contributed by atoms with E-state index in [1.54, 1.807) is 0 Å². The average Bonchev–Trinajstić information content (AvgIpc) is 3.10. The molecular weight excluding hydrogens is 302 g/mol. The van der Waals surface area contributed by atoms with E-state index in [9.17, 15) is 0 Å². The Morgan fingerprint density at radius 3 is 2.40 bits per heavy atom. The zero-order valence-electron chi connectivity index (χ0n) is 14.7. The fourth-order valence-electron chi connectivity index (χ4n) is 4.47. The Bertz CT molecular complexity index is 998. The Kier molecular flexibility index (Phi) is 3.11. The van der Waals surface area contributed by atoms with Gasteiger partial charge in [-0.05, 0) is 53.8 Å². The number of aryl methyl sites for hydroxylation is 1. The molecule has 1 heteroatoms. The van der Waals surface area contributed by atoms with Crippen molar-refractivity contribution < 1.29 is 0 Å². The van der Waals surface area contributed by atoms with Crippen LogP contribution in [-0.2, 0) is 6.54 Å². The molecule has 1 atom stereocenters. The van der Waals surface area contributed by atoms with Crippen LogP contribution in [0.3, 0.4) is 0 Å². The lowest BCUT2D eigenvalue weighted by Crippen LogP contribution is -2.23. The second kappa shape index (κ2) is 5.35. The topological polar surface area (TPSA) is 3.24 Å². The third-order valence-electron chi connectivity index (χ3n) is 5.60. The van der Waals surface area contributed by atoms with Crippen LogP contribution in [0, 0.1) is 6.92 Å². The molecule has 0 saturated heterocycles. The molecule has 1 nitrogen and oxygen atoms in total. The van der Waals surface area contributed by atoms with E-state index >= 15 is 0 Å². The molecule has 3 aromatic carbocycles. The number of fused-ring (bicyclic) bond motifs is 5. The molecule has 122 valence electrons. The molecule has 0 N–H and O–H groups in total. The molecule has 3 aromatic rings. The molecule has 1 aliphatic heterocycles. The lowest BCUT2D eigenvalue weighted by Gasteiger charge is -2.27. The number of benzene rings is 3. The maximum atomic E-state index is 2.58. The van der Waals surface area contributed by atoms with E-state index in [1.165, 1.54) is 44.7 Å². The zero-order valence-corrected chi connectivity index (χ0v) is 14.7. The summed E-state index contributed by atoms with van der Waals surface area (Å²) in [6, 6.07) is 26.9. The van der Waals surface area contributed by atoms with Gasteiger partial charge in [0, 0.05) is 17.8 Å². The highest BCUT2D eigenvalue weighted by atomic mass is 15.2. The van der Waals surface area contributed by atoms with Crippen molar-refractivity contribution in [2.24, 2.45) is 0 Å². The molecule has 0 bridgehead atoms. The minimum Gasteiger partial charge on any atom is -0.356 e. The first-order chi connectivity index (χ1) is 12.2. The van der Waals surface area contributed by atoms with Crippen LogP contribution in [-0.4, -0.2) is 0 Å². The van der Waals surface area contributed by atoms with Gasteiger partial charge in [0.25, 0.3) is 0 Å². The first-order valence-electron chi connectivity index (χ1n) is 8.96. The van der Waals surface area contributed by atoms with E-state index < -0.39 is 0 Å². The first kappa shape index (κ1) is 14.5. The molecule has 25 heavy (non-hydrogen) atoms. The highest BCUT2D eigenvalue weighted by molar-refractivity contribution is 6.06. The van der Waals surface area contributed by atoms with Gasteiger partial charge in [0.05, 0.1) is 6.04 Å². The predicted molar refractivity (Wildman–Crippen MR) is 105 cm³/mol. The Balaban J connectivity index is 1.71. The van der Waals surface area contributed by atoms with Crippen LogP contribution in [0.1, 0.15) is 40.8 Å². The van der Waals surface area contributed by atoms with E-state index in [-0.39, 0.29) is 0 Å². The molecule has 5 rings (SSSR count). The lowest BCUT2D eigenvalue weighted by molar-refractivity contribution is 0.765. The number of anilines is 1. The van der Waals surface area contributed by atoms with Gasteiger partial charge in [0.1, 0.15) is 0 Å². The molecular formula is C24H21N. The molecule has 0 aromatic heterocycles. The van der Waals surface area contributed by atoms with E-state index in [0.717, 1.165) is 6.54 Å². The van der Waals surface area contributed by atoms with Crippen molar-refractivity contribution >= 4 is 16.8 Å². The van der Waals surface area contributed by atoms with Crippen molar-refractivity contribution in [2.75, 3.05) is 4.90 Å². The van der Waals surface area contributed by atoms with Gasteiger partial charge in [-0.25, -0.2) is 0 Å². The summed E-state index contributed by atoms with van der Waals surface area (Å²) in [7, 11) is 0. The Labute approximate surface area is 149 Å². The second-order valence-electron chi connectivity index (χ2n) is 7.16. The van der Waals surface area contributed by atoms with Crippen LogP contribution in [0.2, 0.25) is 0 Å². The number of nitrogens with zero attached hydrogens (tertiary/aromatic N) is 1. The molecule has 1 unspecified atom stereocenters. The number of hydrogen-bond acceptors (Lipinski definition) is 1. The monoisotopic (exact) mass is 323 g/mol. The molecule has 0 fully saturated rings. The fourth-order valence-corrected chi connectivity index (χ4v) is 4.47. The summed E-state index contributed by atoms with van der Waals surface area (Å²) in [6.45, 7) is 5.41. The highest BCUT2D eigenvalue weighted by Gasteiger charge is 2.41. The van der Waals surface area contributed by atoms with Crippen LogP contribution in [0.15, 0.2) is 72.8 Å². The van der Waals surface area contributed by atoms with E-state index in [0.29, 0.717) is 6.04 Å². The molecule has 0 spiro atoms. The van der Waals surface area contributed by atoms with Gasteiger partial charge in [-0.3, -0.25) is 0 Å². The van der Waals surface area contributed by atoms with Crippen LogP contribution in [0.25, 0.3) is 11.1 Å².